The topological polar surface area (TPSA) is 69.9 Å². The van der Waals surface area contributed by atoms with Gasteiger partial charge in [0, 0.05) is 0 Å². The van der Waals surface area contributed by atoms with Crippen LogP contribution in [0.5, 0.6) is 5.75 Å². The highest BCUT2D eigenvalue weighted by Crippen LogP contribution is 2.32. The molecule has 0 bridgehead atoms. The molecule has 1 aliphatic rings. The summed E-state index contributed by atoms with van der Waals surface area (Å²) < 4.78 is 12.5. The number of hydrogen-bond acceptors (Lipinski definition) is 6. The molecule has 30 heavy (non-hydrogen) atoms. The number of carbonyl (C=O) groups is 1. The number of hydrogen-bond donors (Lipinski definition) is 0. The van der Waals surface area contributed by atoms with Crippen LogP contribution in [0.4, 0.5) is 0 Å². The van der Waals surface area contributed by atoms with E-state index in [2.05, 4.69) is 4.99 Å². The lowest BCUT2D eigenvalue weighted by molar-refractivity contribution is -0.136. The van der Waals surface area contributed by atoms with Gasteiger partial charge in [0.2, 0.25) is 0 Å². The third kappa shape index (κ3) is 3.48. The third-order valence-corrected chi connectivity index (χ3v) is 5.92. The molecule has 6 nitrogen and oxygen atoms in total. The van der Waals surface area contributed by atoms with Gasteiger partial charge in [-0.05, 0) is 36.3 Å². The summed E-state index contributed by atoms with van der Waals surface area (Å²) in [6.45, 7) is 1.76. The highest BCUT2D eigenvalue weighted by atomic mass is 32.1. The summed E-state index contributed by atoms with van der Waals surface area (Å²) in [4.78, 5) is 31.1. The van der Waals surface area contributed by atoms with Gasteiger partial charge in [0.1, 0.15) is 5.75 Å². The van der Waals surface area contributed by atoms with Gasteiger partial charge in [-0.2, -0.15) is 0 Å². The van der Waals surface area contributed by atoms with Crippen molar-refractivity contribution in [2.75, 3.05) is 14.2 Å². The van der Waals surface area contributed by atoms with Crippen molar-refractivity contribution in [1.29, 1.82) is 0 Å². The van der Waals surface area contributed by atoms with E-state index < -0.39 is 12.0 Å². The van der Waals surface area contributed by atoms with Crippen LogP contribution < -0.4 is 19.6 Å². The van der Waals surface area contributed by atoms with Crippen LogP contribution in [-0.4, -0.2) is 24.8 Å². The van der Waals surface area contributed by atoms with Crippen molar-refractivity contribution in [1.82, 2.24) is 4.57 Å². The van der Waals surface area contributed by atoms with Crippen LogP contribution in [0.1, 0.15) is 24.1 Å². The maximum absolute atomic E-state index is 13.4. The molecule has 0 fully saturated rings. The lowest BCUT2D eigenvalue weighted by atomic mass is 9.96. The number of benzene rings is 2. The summed E-state index contributed by atoms with van der Waals surface area (Å²) in [5.41, 5.74) is 2.33. The smallest absolute Gasteiger partial charge is 0.338 e. The largest absolute Gasteiger partial charge is 0.497 e. The fourth-order valence-corrected chi connectivity index (χ4v) is 4.57. The van der Waals surface area contributed by atoms with Crippen molar-refractivity contribution in [2.45, 2.75) is 13.0 Å². The monoisotopic (exact) mass is 420 g/mol. The summed E-state index contributed by atoms with van der Waals surface area (Å²) in [7, 11) is 2.90. The molecule has 1 atom stereocenters. The van der Waals surface area contributed by atoms with E-state index in [1.165, 1.54) is 18.4 Å². The molecule has 1 unspecified atom stereocenters. The zero-order chi connectivity index (χ0) is 21.3. The molecular formula is C23H20N2O4S. The minimum Gasteiger partial charge on any atom is -0.497 e. The molecule has 152 valence electrons. The number of thiazole rings is 1. The lowest BCUT2D eigenvalue weighted by Crippen LogP contribution is -2.39. The molecule has 0 aliphatic carbocycles. The van der Waals surface area contributed by atoms with Gasteiger partial charge in [0.25, 0.3) is 5.56 Å². The van der Waals surface area contributed by atoms with Crippen LogP contribution in [0.3, 0.4) is 0 Å². The van der Waals surface area contributed by atoms with Gasteiger partial charge >= 0.3 is 5.97 Å². The molecule has 7 heteroatoms. The Morgan fingerprint density at radius 1 is 1.13 bits per heavy atom. The summed E-state index contributed by atoms with van der Waals surface area (Å²) >= 11 is 1.30. The predicted octanol–water partition coefficient (Wildman–Crippen LogP) is 2.42. The Labute approximate surface area is 177 Å². The Kier molecular flexibility index (Phi) is 5.37. The molecule has 2 heterocycles. The van der Waals surface area contributed by atoms with E-state index in [9.17, 15) is 9.59 Å². The molecule has 1 aliphatic heterocycles. The second-order valence-corrected chi connectivity index (χ2v) is 7.77. The van der Waals surface area contributed by atoms with Crippen molar-refractivity contribution in [2.24, 2.45) is 4.99 Å². The maximum Gasteiger partial charge on any atom is 0.338 e. The van der Waals surface area contributed by atoms with Gasteiger partial charge in [0.05, 0.1) is 36.1 Å². The summed E-state index contributed by atoms with van der Waals surface area (Å²) in [5, 5.41) is 0. The van der Waals surface area contributed by atoms with Crippen molar-refractivity contribution in [3.05, 3.63) is 96.7 Å². The Balaban J connectivity index is 1.99. The van der Waals surface area contributed by atoms with Gasteiger partial charge in [-0.15, -0.1) is 0 Å². The molecule has 0 amide bonds. The fourth-order valence-electron chi connectivity index (χ4n) is 3.52. The Morgan fingerprint density at radius 2 is 1.90 bits per heavy atom. The number of methoxy groups -OCH3 is 2. The van der Waals surface area contributed by atoms with E-state index in [-0.39, 0.29) is 5.56 Å². The number of fused-ring (bicyclic) bond motifs is 1. The van der Waals surface area contributed by atoms with Gasteiger partial charge in [-0.3, -0.25) is 9.36 Å². The van der Waals surface area contributed by atoms with Crippen LogP contribution in [0, 0.1) is 0 Å². The number of aromatic nitrogens is 1. The minimum absolute atomic E-state index is 0.204. The van der Waals surface area contributed by atoms with Crippen molar-refractivity contribution in [3.63, 3.8) is 0 Å². The summed E-state index contributed by atoms with van der Waals surface area (Å²) in [5.74, 6) is 0.124. The minimum atomic E-state index is -0.651. The second-order valence-electron chi connectivity index (χ2n) is 6.76. The Morgan fingerprint density at radius 3 is 2.60 bits per heavy atom. The summed E-state index contributed by atoms with van der Waals surface area (Å²) in [6.07, 6.45) is 1.84. The molecule has 2 aromatic carbocycles. The van der Waals surface area contributed by atoms with E-state index in [4.69, 9.17) is 9.47 Å². The van der Waals surface area contributed by atoms with Crippen molar-refractivity contribution >= 4 is 23.4 Å². The van der Waals surface area contributed by atoms with Gasteiger partial charge in [0.15, 0.2) is 4.80 Å². The number of esters is 1. The number of allylic oxidation sites excluding steroid dienone is 1. The summed E-state index contributed by atoms with van der Waals surface area (Å²) in [6, 6.07) is 16.3. The van der Waals surface area contributed by atoms with Gasteiger partial charge in [-0.1, -0.05) is 53.8 Å². The second kappa shape index (κ2) is 8.12. The van der Waals surface area contributed by atoms with Crippen molar-refractivity contribution < 1.29 is 14.3 Å². The first-order chi connectivity index (χ1) is 14.5. The molecular weight excluding hydrogens is 400 g/mol. The highest BCUT2D eigenvalue weighted by Gasteiger charge is 2.33. The number of carbonyl (C=O) groups excluding carboxylic acids is 1. The van der Waals surface area contributed by atoms with E-state index >= 15 is 0 Å². The molecule has 0 radical (unpaired) electrons. The fraction of sp³-hybridized carbons (Fsp3) is 0.174. The molecule has 0 spiro atoms. The lowest BCUT2D eigenvalue weighted by Gasteiger charge is -2.24. The van der Waals surface area contributed by atoms with E-state index in [1.54, 1.807) is 18.6 Å². The highest BCUT2D eigenvalue weighted by molar-refractivity contribution is 7.07. The first-order valence-corrected chi connectivity index (χ1v) is 10.1. The number of ether oxygens (including phenoxy) is 2. The standard InChI is InChI=1S/C23H20N2O4S/c1-14-19(22(27)29-3)20(16-10-7-11-17(13-16)28-2)25-21(26)18(30-23(25)24-14)12-15-8-5-4-6-9-15/h4-13,20H,1-3H3. The van der Waals surface area contributed by atoms with E-state index in [0.29, 0.717) is 26.4 Å². The van der Waals surface area contributed by atoms with Gasteiger partial charge < -0.3 is 9.47 Å². The maximum atomic E-state index is 13.4. The van der Waals surface area contributed by atoms with Crippen LogP contribution >= 0.6 is 11.3 Å². The molecule has 0 N–H and O–H groups in total. The zero-order valence-electron chi connectivity index (χ0n) is 16.8. The quantitative estimate of drug-likeness (QED) is 0.608. The molecule has 4 rings (SSSR count). The number of rotatable bonds is 4. The average Bonchev–Trinajstić information content (AvgIpc) is 3.07. The predicted molar refractivity (Wildman–Crippen MR) is 115 cm³/mol. The zero-order valence-corrected chi connectivity index (χ0v) is 17.6. The molecule has 0 saturated heterocycles. The first kappa shape index (κ1) is 19.8. The van der Waals surface area contributed by atoms with E-state index in [0.717, 1.165) is 11.1 Å². The first-order valence-electron chi connectivity index (χ1n) is 9.33. The molecule has 1 aromatic heterocycles. The normalized spacial score (nSPS) is 16.1. The Hall–Kier alpha value is -3.45. The van der Waals surface area contributed by atoms with Crippen LogP contribution in [-0.2, 0) is 9.53 Å². The SMILES string of the molecule is COC(=O)C1=C(C)N=c2sc(=Cc3ccccc3)c(=O)n2C1c1cccc(OC)c1. The van der Waals surface area contributed by atoms with Crippen molar-refractivity contribution in [3.8, 4) is 5.75 Å². The van der Waals surface area contributed by atoms with Gasteiger partial charge in [-0.25, -0.2) is 9.79 Å². The average molecular weight is 420 g/mol. The number of nitrogens with zero attached hydrogens (tertiary/aromatic N) is 2. The van der Waals surface area contributed by atoms with Crippen LogP contribution in [0.15, 0.2) is 75.7 Å². The van der Waals surface area contributed by atoms with Crippen LogP contribution in [0.25, 0.3) is 6.08 Å². The van der Waals surface area contributed by atoms with Crippen LogP contribution in [0.2, 0.25) is 0 Å². The Bertz CT molecular complexity index is 1320. The molecule has 3 aromatic rings. The van der Waals surface area contributed by atoms with E-state index in [1.807, 2.05) is 60.7 Å². The molecule has 0 saturated carbocycles. The third-order valence-electron chi connectivity index (χ3n) is 4.93.